The summed E-state index contributed by atoms with van der Waals surface area (Å²) in [5.74, 6) is 0.885. The zero-order valence-corrected chi connectivity index (χ0v) is 18.0. The van der Waals surface area contributed by atoms with Crippen LogP contribution in [0.1, 0.15) is 46.3 Å². The third-order valence-corrected chi connectivity index (χ3v) is 6.56. The molecule has 0 aromatic heterocycles. The van der Waals surface area contributed by atoms with E-state index >= 15 is 0 Å². The Kier molecular flexibility index (Phi) is 6.03. The summed E-state index contributed by atoms with van der Waals surface area (Å²) in [7, 11) is 1.55. The van der Waals surface area contributed by atoms with Gasteiger partial charge in [0.2, 0.25) is 0 Å². The number of methoxy groups -OCH3 is 1. The third kappa shape index (κ3) is 3.90. The minimum absolute atomic E-state index is 0.153. The standard InChI is InChI=1S/C23H30O6/c1-13-9-14(2)23(11-27-16(4)24)12-28-22(21(13)15(23)3)18-7-8-19(29-17(5)25)20(10-18)26-6/h7-10,14-15,21-22H,11-12H2,1-6H3/t14-,15+,21+,22+,23+/m0/s1. The zero-order chi connectivity index (χ0) is 21.3. The van der Waals surface area contributed by atoms with Crippen molar-refractivity contribution in [3.63, 3.8) is 0 Å². The molecule has 0 N–H and O–H groups in total. The van der Waals surface area contributed by atoms with E-state index < -0.39 is 5.97 Å². The molecule has 0 amide bonds. The molecule has 1 fully saturated rings. The van der Waals surface area contributed by atoms with Crippen molar-refractivity contribution in [1.29, 1.82) is 0 Å². The van der Waals surface area contributed by atoms with Crippen molar-refractivity contribution >= 4 is 11.9 Å². The molecule has 5 atom stereocenters. The van der Waals surface area contributed by atoms with Gasteiger partial charge in [-0.05, 0) is 36.5 Å². The number of allylic oxidation sites excluding steroid dienone is 1. The molecule has 2 aliphatic rings. The molecule has 6 nitrogen and oxygen atoms in total. The largest absolute Gasteiger partial charge is 0.493 e. The van der Waals surface area contributed by atoms with Gasteiger partial charge in [0.05, 0.1) is 26.4 Å². The van der Waals surface area contributed by atoms with Crippen LogP contribution in [0.3, 0.4) is 0 Å². The first kappa shape index (κ1) is 21.4. The van der Waals surface area contributed by atoms with Gasteiger partial charge in [0.25, 0.3) is 0 Å². The van der Waals surface area contributed by atoms with E-state index in [1.165, 1.54) is 19.4 Å². The molecule has 29 heavy (non-hydrogen) atoms. The lowest BCUT2D eigenvalue weighted by molar-refractivity contribution is -0.180. The first-order valence-corrected chi connectivity index (χ1v) is 9.99. The Morgan fingerprint density at radius 1 is 1.17 bits per heavy atom. The van der Waals surface area contributed by atoms with E-state index in [1.54, 1.807) is 13.2 Å². The Bertz CT molecular complexity index is 829. The Morgan fingerprint density at radius 2 is 1.90 bits per heavy atom. The molecule has 1 heterocycles. The Balaban J connectivity index is 1.95. The normalized spacial score (nSPS) is 30.9. The average Bonchev–Trinajstić information content (AvgIpc) is 2.65. The molecule has 1 aromatic rings. The van der Waals surface area contributed by atoms with Crippen molar-refractivity contribution < 1.29 is 28.5 Å². The molecule has 1 aliphatic carbocycles. The van der Waals surface area contributed by atoms with E-state index in [-0.39, 0.29) is 35.2 Å². The second-order valence-corrected chi connectivity index (χ2v) is 8.26. The molecule has 1 aromatic carbocycles. The van der Waals surface area contributed by atoms with Crippen LogP contribution in [0, 0.1) is 23.2 Å². The Morgan fingerprint density at radius 3 is 2.52 bits per heavy atom. The highest BCUT2D eigenvalue weighted by molar-refractivity contribution is 5.70. The van der Waals surface area contributed by atoms with Crippen LogP contribution in [-0.4, -0.2) is 32.3 Å². The summed E-state index contributed by atoms with van der Waals surface area (Å²) in [5, 5.41) is 0. The number of hydrogen-bond donors (Lipinski definition) is 0. The molecule has 0 unspecified atom stereocenters. The fourth-order valence-electron chi connectivity index (χ4n) is 4.89. The second-order valence-electron chi connectivity index (χ2n) is 8.26. The molecule has 1 aliphatic heterocycles. The van der Waals surface area contributed by atoms with Crippen LogP contribution in [0.4, 0.5) is 0 Å². The van der Waals surface area contributed by atoms with E-state index in [0.29, 0.717) is 24.7 Å². The van der Waals surface area contributed by atoms with Crippen molar-refractivity contribution in [2.45, 2.75) is 40.7 Å². The Labute approximate surface area is 172 Å². The van der Waals surface area contributed by atoms with Crippen molar-refractivity contribution in [3.05, 3.63) is 35.4 Å². The highest BCUT2D eigenvalue weighted by Gasteiger charge is 2.54. The van der Waals surface area contributed by atoms with Crippen molar-refractivity contribution in [1.82, 2.24) is 0 Å². The average molecular weight is 402 g/mol. The number of fused-ring (bicyclic) bond motifs is 2. The van der Waals surface area contributed by atoms with Crippen LogP contribution in [0.2, 0.25) is 0 Å². The predicted molar refractivity (Wildman–Crippen MR) is 108 cm³/mol. The lowest BCUT2D eigenvalue weighted by Gasteiger charge is -2.55. The molecule has 3 rings (SSSR count). The predicted octanol–water partition coefficient (Wildman–Crippen LogP) is 4.09. The first-order valence-electron chi connectivity index (χ1n) is 9.99. The fraction of sp³-hybridized carbons (Fsp3) is 0.565. The molecular formula is C23H30O6. The number of benzene rings is 1. The molecule has 6 heteroatoms. The number of hydrogen-bond acceptors (Lipinski definition) is 6. The maximum atomic E-state index is 11.5. The molecule has 158 valence electrons. The van der Waals surface area contributed by atoms with Gasteiger partial charge in [-0.3, -0.25) is 9.59 Å². The van der Waals surface area contributed by atoms with Gasteiger partial charge in [0, 0.05) is 25.2 Å². The number of carbonyl (C=O) groups is 2. The van der Waals surface area contributed by atoms with Gasteiger partial charge in [-0.1, -0.05) is 31.6 Å². The van der Waals surface area contributed by atoms with Crippen LogP contribution in [0.5, 0.6) is 11.5 Å². The summed E-state index contributed by atoms with van der Waals surface area (Å²) in [6.45, 7) is 10.2. The van der Waals surface area contributed by atoms with Gasteiger partial charge in [-0.2, -0.15) is 0 Å². The van der Waals surface area contributed by atoms with Crippen LogP contribution in [-0.2, 0) is 19.1 Å². The van der Waals surface area contributed by atoms with E-state index in [4.69, 9.17) is 18.9 Å². The number of rotatable bonds is 5. The summed E-state index contributed by atoms with van der Waals surface area (Å²) in [6, 6.07) is 5.54. The van der Waals surface area contributed by atoms with Crippen LogP contribution < -0.4 is 9.47 Å². The molecule has 0 saturated carbocycles. The van der Waals surface area contributed by atoms with Crippen molar-refractivity contribution in [2.75, 3.05) is 20.3 Å². The maximum Gasteiger partial charge on any atom is 0.308 e. The summed E-state index contributed by atoms with van der Waals surface area (Å²) >= 11 is 0. The Hall–Kier alpha value is -2.34. The van der Waals surface area contributed by atoms with E-state index in [2.05, 4.69) is 26.8 Å². The maximum absolute atomic E-state index is 11.5. The highest BCUT2D eigenvalue weighted by Crippen LogP contribution is 2.56. The van der Waals surface area contributed by atoms with E-state index in [0.717, 1.165) is 5.56 Å². The van der Waals surface area contributed by atoms with Crippen molar-refractivity contribution in [3.8, 4) is 11.5 Å². The van der Waals surface area contributed by atoms with Crippen LogP contribution in [0.15, 0.2) is 29.8 Å². The highest BCUT2D eigenvalue weighted by atomic mass is 16.6. The smallest absolute Gasteiger partial charge is 0.308 e. The number of carbonyl (C=O) groups excluding carboxylic acids is 2. The second kappa shape index (κ2) is 8.19. The quantitative estimate of drug-likeness (QED) is 0.420. The lowest BCUT2D eigenvalue weighted by Crippen LogP contribution is -2.54. The fourth-order valence-corrected chi connectivity index (χ4v) is 4.89. The van der Waals surface area contributed by atoms with Gasteiger partial charge in [-0.15, -0.1) is 0 Å². The molecule has 2 bridgehead atoms. The molecule has 1 saturated heterocycles. The lowest BCUT2D eigenvalue weighted by atomic mass is 9.56. The first-order chi connectivity index (χ1) is 13.7. The van der Waals surface area contributed by atoms with E-state index in [1.807, 2.05) is 12.1 Å². The zero-order valence-electron chi connectivity index (χ0n) is 18.0. The van der Waals surface area contributed by atoms with Gasteiger partial charge in [0.1, 0.15) is 0 Å². The van der Waals surface area contributed by atoms with Crippen LogP contribution in [0.25, 0.3) is 0 Å². The number of ether oxygens (including phenoxy) is 4. The summed E-state index contributed by atoms with van der Waals surface area (Å²) in [5.41, 5.74) is 2.00. The topological polar surface area (TPSA) is 71.1 Å². The van der Waals surface area contributed by atoms with Gasteiger partial charge < -0.3 is 18.9 Å². The van der Waals surface area contributed by atoms with E-state index in [9.17, 15) is 9.59 Å². The van der Waals surface area contributed by atoms with Crippen molar-refractivity contribution in [2.24, 2.45) is 23.2 Å². The van der Waals surface area contributed by atoms with Gasteiger partial charge in [-0.25, -0.2) is 0 Å². The minimum atomic E-state index is -0.395. The third-order valence-electron chi connectivity index (χ3n) is 6.56. The van der Waals surface area contributed by atoms with Crippen LogP contribution >= 0.6 is 0 Å². The van der Waals surface area contributed by atoms with Gasteiger partial charge >= 0.3 is 11.9 Å². The number of esters is 2. The van der Waals surface area contributed by atoms with Gasteiger partial charge in [0.15, 0.2) is 11.5 Å². The monoisotopic (exact) mass is 402 g/mol. The summed E-state index contributed by atoms with van der Waals surface area (Å²) in [6.07, 6.45) is 2.13. The summed E-state index contributed by atoms with van der Waals surface area (Å²) in [4.78, 5) is 22.8. The summed E-state index contributed by atoms with van der Waals surface area (Å²) < 4.78 is 22.5. The molecule has 0 spiro atoms. The molecular weight excluding hydrogens is 372 g/mol. The molecule has 0 radical (unpaired) electrons. The SMILES string of the molecule is COc1cc([C@H]2OC[C@@]3(COC(C)=O)[C@H](C)[C@H]2C(C)=C[C@@H]3C)ccc1OC(C)=O. The minimum Gasteiger partial charge on any atom is -0.493 e.